The second-order valence-electron chi connectivity index (χ2n) is 4.21. The molecule has 0 aliphatic rings. The number of nitrogens with zero attached hydrogens (tertiary/aromatic N) is 3. The van der Waals surface area contributed by atoms with Crippen molar-refractivity contribution in [3.05, 3.63) is 41.2 Å². The van der Waals surface area contributed by atoms with Crippen molar-refractivity contribution in [3.63, 3.8) is 0 Å². The van der Waals surface area contributed by atoms with Crippen LogP contribution in [0.5, 0.6) is 0 Å². The van der Waals surface area contributed by atoms with Crippen molar-refractivity contribution in [2.75, 3.05) is 6.54 Å². The third kappa shape index (κ3) is 3.18. The zero-order chi connectivity index (χ0) is 14.7. The van der Waals surface area contributed by atoms with Gasteiger partial charge in [0.1, 0.15) is 5.69 Å². The van der Waals surface area contributed by atoms with Crippen LogP contribution in [0.4, 0.5) is 0 Å². The number of aromatic nitrogens is 3. The second-order valence-corrected chi connectivity index (χ2v) is 4.65. The van der Waals surface area contributed by atoms with E-state index in [0.717, 1.165) is 0 Å². The Hall–Kier alpha value is -2.28. The molecule has 0 spiro atoms. The molecule has 0 saturated carbocycles. The predicted molar refractivity (Wildman–Crippen MR) is 71.9 cm³/mol. The number of halogens is 1. The van der Waals surface area contributed by atoms with Crippen LogP contribution in [0.2, 0.25) is 5.02 Å². The highest BCUT2D eigenvalue weighted by Gasteiger charge is 2.11. The molecule has 0 radical (unpaired) electrons. The largest absolute Gasteiger partial charge is 0.476 e. The Balaban J connectivity index is 1.87. The van der Waals surface area contributed by atoms with Gasteiger partial charge in [-0.25, -0.2) is 9.78 Å². The van der Waals surface area contributed by atoms with E-state index in [2.05, 4.69) is 10.3 Å². The SMILES string of the molecule is Cn1cc(Cl)cc1C(=O)NCCn1cnc(C(=O)O)c1. The van der Waals surface area contributed by atoms with E-state index in [1.165, 1.54) is 12.5 Å². The summed E-state index contributed by atoms with van der Waals surface area (Å²) in [6.07, 6.45) is 4.47. The summed E-state index contributed by atoms with van der Waals surface area (Å²) in [6, 6.07) is 1.58. The third-order valence-corrected chi connectivity index (χ3v) is 2.92. The summed E-state index contributed by atoms with van der Waals surface area (Å²) < 4.78 is 3.24. The average molecular weight is 297 g/mol. The Bertz CT molecular complexity index is 647. The first-order chi connectivity index (χ1) is 9.47. The van der Waals surface area contributed by atoms with Crippen molar-refractivity contribution in [1.29, 1.82) is 0 Å². The number of amides is 1. The summed E-state index contributed by atoms with van der Waals surface area (Å²) in [5, 5.41) is 12.0. The lowest BCUT2D eigenvalue weighted by Gasteiger charge is -2.06. The Kier molecular flexibility index (Phi) is 4.09. The van der Waals surface area contributed by atoms with E-state index in [1.54, 1.807) is 28.4 Å². The van der Waals surface area contributed by atoms with E-state index in [4.69, 9.17) is 16.7 Å². The van der Waals surface area contributed by atoms with Crippen LogP contribution in [0.1, 0.15) is 21.0 Å². The van der Waals surface area contributed by atoms with E-state index in [1.807, 2.05) is 0 Å². The van der Waals surface area contributed by atoms with Gasteiger partial charge >= 0.3 is 5.97 Å². The Morgan fingerprint density at radius 1 is 1.45 bits per heavy atom. The fraction of sp³-hybridized carbons (Fsp3) is 0.250. The molecular formula is C12H13ClN4O3. The molecule has 2 N–H and O–H groups in total. The number of aryl methyl sites for hydroxylation is 1. The molecule has 0 aromatic carbocycles. The quantitative estimate of drug-likeness (QED) is 0.861. The average Bonchev–Trinajstić information content (AvgIpc) is 2.96. The highest BCUT2D eigenvalue weighted by Crippen LogP contribution is 2.12. The monoisotopic (exact) mass is 296 g/mol. The Labute approximate surface area is 119 Å². The van der Waals surface area contributed by atoms with Crippen molar-refractivity contribution in [2.24, 2.45) is 7.05 Å². The molecule has 106 valence electrons. The number of carboxylic acid groups (broad SMARTS) is 1. The molecule has 7 nitrogen and oxygen atoms in total. The lowest BCUT2D eigenvalue weighted by atomic mass is 10.4. The van der Waals surface area contributed by atoms with Crippen molar-refractivity contribution < 1.29 is 14.7 Å². The van der Waals surface area contributed by atoms with Crippen LogP contribution in [-0.2, 0) is 13.6 Å². The van der Waals surface area contributed by atoms with Crippen molar-refractivity contribution in [3.8, 4) is 0 Å². The number of rotatable bonds is 5. The molecule has 8 heteroatoms. The normalized spacial score (nSPS) is 10.5. The van der Waals surface area contributed by atoms with Gasteiger partial charge in [-0.05, 0) is 6.07 Å². The van der Waals surface area contributed by atoms with Crippen molar-refractivity contribution in [2.45, 2.75) is 6.54 Å². The molecule has 20 heavy (non-hydrogen) atoms. The summed E-state index contributed by atoms with van der Waals surface area (Å²) in [4.78, 5) is 26.3. The van der Waals surface area contributed by atoms with Gasteiger partial charge in [0.25, 0.3) is 5.91 Å². The number of hydrogen-bond donors (Lipinski definition) is 2. The first-order valence-electron chi connectivity index (χ1n) is 5.82. The van der Waals surface area contributed by atoms with Crippen LogP contribution in [0, 0.1) is 0 Å². The molecule has 0 atom stereocenters. The Morgan fingerprint density at radius 2 is 2.20 bits per heavy atom. The molecule has 0 bridgehead atoms. The predicted octanol–water partition coefficient (Wildman–Crippen LogP) is 1.00. The number of carbonyl (C=O) groups is 2. The summed E-state index contributed by atoms with van der Waals surface area (Å²) >= 11 is 5.80. The molecule has 0 aliphatic carbocycles. The van der Waals surface area contributed by atoms with Gasteiger partial charge in [-0.15, -0.1) is 0 Å². The van der Waals surface area contributed by atoms with E-state index >= 15 is 0 Å². The molecule has 0 unspecified atom stereocenters. The number of nitrogens with one attached hydrogen (secondary N) is 1. The van der Waals surface area contributed by atoms with Crippen LogP contribution >= 0.6 is 11.6 Å². The Morgan fingerprint density at radius 3 is 2.75 bits per heavy atom. The third-order valence-electron chi connectivity index (χ3n) is 2.71. The molecule has 2 aromatic rings. The van der Waals surface area contributed by atoms with Gasteiger partial charge in [-0.2, -0.15) is 0 Å². The van der Waals surface area contributed by atoms with Crippen LogP contribution in [0.25, 0.3) is 0 Å². The molecule has 0 fully saturated rings. The maximum atomic E-state index is 11.9. The number of carbonyl (C=O) groups excluding carboxylic acids is 1. The number of aromatic carboxylic acids is 1. The molecule has 0 saturated heterocycles. The fourth-order valence-electron chi connectivity index (χ4n) is 1.73. The van der Waals surface area contributed by atoms with E-state index in [0.29, 0.717) is 23.8 Å². The van der Waals surface area contributed by atoms with Gasteiger partial charge in [0.05, 0.1) is 11.3 Å². The second kappa shape index (κ2) is 5.79. The lowest BCUT2D eigenvalue weighted by molar-refractivity contribution is 0.0690. The smallest absolute Gasteiger partial charge is 0.356 e. The van der Waals surface area contributed by atoms with Crippen molar-refractivity contribution in [1.82, 2.24) is 19.4 Å². The van der Waals surface area contributed by atoms with Gasteiger partial charge in [0, 0.05) is 32.5 Å². The van der Waals surface area contributed by atoms with E-state index in [9.17, 15) is 9.59 Å². The fourth-order valence-corrected chi connectivity index (χ4v) is 1.98. The summed E-state index contributed by atoms with van der Waals surface area (Å²) in [5.41, 5.74) is 0.442. The number of carboxylic acids is 1. The first kappa shape index (κ1) is 14.1. The minimum absolute atomic E-state index is 0.0226. The summed E-state index contributed by atoms with van der Waals surface area (Å²) in [6.45, 7) is 0.793. The minimum Gasteiger partial charge on any atom is -0.476 e. The van der Waals surface area contributed by atoms with Gasteiger partial charge in [0.2, 0.25) is 0 Å². The molecular weight excluding hydrogens is 284 g/mol. The maximum absolute atomic E-state index is 11.9. The van der Waals surface area contributed by atoms with Gasteiger partial charge < -0.3 is 19.6 Å². The summed E-state index contributed by atoms with van der Waals surface area (Å²) in [7, 11) is 1.73. The summed E-state index contributed by atoms with van der Waals surface area (Å²) in [5.74, 6) is -1.32. The molecule has 2 aromatic heterocycles. The van der Waals surface area contributed by atoms with Crippen LogP contribution in [0.15, 0.2) is 24.8 Å². The first-order valence-corrected chi connectivity index (χ1v) is 6.20. The highest BCUT2D eigenvalue weighted by molar-refractivity contribution is 6.31. The highest BCUT2D eigenvalue weighted by atomic mass is 35.5. The molecule has 1 amide bonds. The van der Waals surface area contributed by atoms with Crippen molar-refractivity contribution >= 4 is 23.5 Å². The van der Waals surface area contributed by atoms with Crippen LogP contribution < -0.4 is 5.32 Å². The molecule has 2 rings (SSSR count). The standard InChI is InChI=1S/C12H13ClN4O3/c1-16-5-8(13)4-10(16)11(18)14-2-3-17-6-9(12(19)20)15-7-17/h4-7H,2-3H2,1H3,(H,14,18)(H,19,20). The maximum Gasteiger partial charge on any atom is 0.356 e. The van der Waals surface area contributed by atoms with Crippen LogP contribution in [-0.4, -0.2) is 37.6 Å². The van der Waals surface area contributed by atoms with Gasteiger partial charge in [0.15, 0.2) is 5.69 Å². The molecule has 0 aliphatic heterocycles. The zero-order valence-corrected chi connectivity index (χ0v) is 11.5. The molecule has 2 heterocycles. The number of imidazole rings is 1. The van der Waals surface area contributed by atoms with E-state index in [-0.39, 0.29) is 11.6 Å². The number of hydrogen-bond acceptors (Lipinski definition) is 3. The van der Waals surface area contributed by atoms with Gasteiger partial charge in [-0.1, -0.05) is 11.6 Å². The van der Waals surface area contributed by atoms with Crippen LogP contribution in [0.3, 0.4) is 0 Å². The van der Waals surface area contributed by atoms with E-state index < -0.39 is 5.97 Å². The van der Waals surface area contributed by atoms with Gasteiger partial charge in [-0.3, -0.25) is 4.79 Å². The minimum atomic E-state index is -1.08. The lowest BCUT2D eigenvalue weighted by Crippen LogP contribution is -2.28. The topological polar surface area (TPSA) is 89.2 Å². The zero-order valence-electron chi connectivity index (χ0n) is 10.7.